The Morgan fingerprint density at radius 1 is 0.828 bits per heavy atom. The van der Waals surface area contributed by atoms with Gasteiger partial charge in [0.25, 0.3) is 0 Å². The van der Waals surface area contributed by atoms with Crippen LogP contribution in [0.1, 0.15) is 180 Å². The number of carbonyl (C=O) groups is 3. The van der Waals surface area contributed by atoms with E-state index in [-0.39, 0.29) is 36.6 Å². The summed E-state index contributed by atoms with van der Waals surface area (Å²) in [4.78, 5) is 52.4. The van der Waals surface area contributed by atoms with Gasteiger partial charge in [0.1, 0.15) is 12.5 Å². The summed E-state index contributed by atoms with van der Waals surface area (Å²) >= 11 is 0. The van der Waals surface area contributed by atoms with Crippen molar-refractivity contribution in [3.8, 4) is 0 Å². The van der Waals surface area contributed by atoms with Gasteiger partial charge in [-0.3, -0.25) is 14.4 Å². The van der Waals surface area contributed by atoms with Gasteiger partial charge in [0, 0.05) is 74.1 Å². The number of carbonyl (C=O) groups excluding carboxylic acids is 3. The van der Waals surface area contributed by atoms with Crippen LogP contribution in [-0.2, 0) is 25.5 Å². The van der Waals surface area contributed by atoms with E-state index in [0.29, 0.717) is 23.3 Å². The van der Waals surface area contributed by atoms with Gasteiger partial charge in [0.2, 0.25) is 0 Å². The summed E-state index contributed by atoms with van der Waals surface area (Å²) in [6.07, 6.45) is 23.1. The molecule has 2 aliphatic heterocycles. The molecular weight excluding hydrogens is 797 g/mol. The second kappa shape index (κ2) is 21.3. The molecule has 1 saturated heterocycles. The van der Waals surface area contributed by atoms with Gasteiger partial charge in [-0.2, -0.15) is 0 Å². The Hall–Kier alpha value is -5.05. The number of hydrogen-bond acceptors (Lipinski definition) is 6. The van der Waals surface area contributed by atoms with E-state index < -0.39 is 11.9 Å². The molecule has 0 aromatic carbocycles. The van der Waals surface area contributed by atoms with Crippen LogP contribution >= 0.6 is 0 Å². The first-order valence-corrected chi connectivity index (χ1v) is 24.2. The zero-order valence-corrected chi connectivity index (χ0v) is 40.8. The fraction of sp³-hybridized carbons (Fsp3) is 0.545. The molecule has 64 heavy (non-hydrogen) atoms. The summed E-state index contributed by atoms with van der Waals surface area (Å²) < 4.78 is 11.1. The predicted molar refractivity (Wildman–Crippen MR) is 262 cm³/mol. The van der Waals surface area contributed by atoms with Crippen LogP contribution in [0.4, 0.5) is 0 Å². The lowest BCUT2D eigenvalue weighted by Crippen LogP contribution is -2.25. The minimum atomic E-state index is -1.14. The molecule has 6 rings (SSSR count). The van der Waals surface area contributed by atoms with Crippen molar-refractivity contribution in [2.24, 2.45) is 35.5 Å². The van der Waals surface area contributed by atoms with E-state index in [2.05, 4.69) is 107 Å². The minimum absolute atomic E-state index is 0.0876. The summed E-state index contributed by atoms with van der Waals surface area (Å²) in [5, 5.41) is 5.66. The van der Waals surface area contributed by atoms with E-state index in [4.69, 9.17) is 9.47 Å². The molecule has 5 atom stereocenters. The maximum absolute atomic E-state index is 14.4. The van der Waals surface area contributed by atoms with Crippen LogP contribution in [0, 0.1) is 56.3 Å². The van der Waals surface area contributed by atoms with E-state index in [1.54, 1.807) is 0 Å². The number of H-pyrrole nitrogens is 3. The smallest absolute Gasteiger partial charge is 0.321 e. The largest absolute Gasteiger partial charge is 0.468 e. The number of aromatic amines is 3. The first kappa shape index (κ1) is 48.4. The van der Waals surface area contributed by atoms with Crippen LogP contribution in [0.15, 0.2) is 29.6 Å². The van der Waals surface area contributed by atoms with Crippen LogP contribution in [0.25, 0.3) is 29.9 Å². The Labute approximate surface area is 382 Å². The highest BCUT2D eigenvalue weighted by atomic mass is 16.5. The summed E-state index contributed by atoms with van der Waals surface area (Å²) in [6.45, 7) is 26.4. The van der Waals surface area contributed by atoms with Crippen LogP contribution in [0.3, 0.4) is 0 Å². The van der Waals surface area contributed by atoms with Crippen molar-refractivity contribution in [2.45, 2.75) is 146 Å². The highest BCUT2D eigenvalue weighted by Gasteiger charge is 2.48. The van der Waals surface area contributed by atoms with E-state index in [0.717, 1.165) is 98.4 Å². The first-order chi connectivity index (χ1) is 30.6. The van der Waals surface area contributed by atoms with Gasteiger partial charge in [-0.25, -0.2) is 0 Å². The molecule has 9 nitrogen and oxygen atoms in total. The van der Waals surface area contributed by atoms with Crippen LogP contribution < -0.4 is 16.0 Å². The number of fused-ring (bicyclic) bond motifs is 7. The lowest BCUT2D eigenvalue weighted by molar-refractivity contribution is -0.143. The molecule has 0 amide bonds. The van der Waals surface area contributed by atoms with Crippen molar-refractivity contribution < 1.29 is 23.9 Å². The minimum Gasteiger partial charge on any atom is -0.468 e. The molecule has 3 aliphatic rings. The van der Waals surface area contributed by atoms with E-state index in [9.17, 15) is 14.4 Å². The van der Waals surface area contributed by atoms with Gasteiger partial charge in [-0.1, -0.05) is 105 Å². The van der Waals surface area contributed by atoms with E-state index in [1.807, 2.05) is 19.1 Å². The Morgan fingerprint density at radius 3 is 2.14 bits per heavy atom. The standard InChI is InChI=1S/C55H76N4O5/c1-13-39-35(8)42-28-44-37(10)41(24-25-48(60)64-27-26-34(7)23-17-22-33(6)21-16-20-32(5)19-15-18-31(3)4)52(58-44)50-51(55(62)63-12)54(61)49-38(11)45(59-53(49)50)30-47-40(14-2)36(9)43(57-47)29-46(39)56-42/h13,26,28-33,37,41,51,56-59H,1,14-25,27H2,2-12H3/b34-26+,43-29-,44-28-,47-30-,52-50-/t32?,33-,37+,41+,51-/m1/s1. The zero-order chi connectivity index (χ0) is 46.4. The van der Waals surface area contributed by atoms with E-state index >= 15 is 0 Å². The number of aromatic nitrogens is 3. The number of Topliss-reactive ketones (excluding diaryl/α,β-unsaturated/α-hetero) is 1. The van der Waals surface area contributed by atoms with Crippen LogP contribution in [0.2, 0.25) is 0 Å². The molecule has 5 heterocycles. The van der Waals surface area contributed by atoms with Crippen molar-refractivity contribution in [3.05, 3.63) is 96.5 Å². The molecule has 346 valence electrons. The molecule has 8 bridgehead atoms. The lowest BCUT2D eigenvalue weighted by Gasteiger charge is -2.19. The van der Waals surface area contributed by atoms with Gasteiger partial charge in [0.15, 0.2) is 5.78 Å². The molecule has 9 heteroatoms. The van der Waals surface area contributed by atoms with Gasteiger partial charge in [0.05, 0.1) is 12.8 Å². The summed E-state index contributed by atoms with van der Waals surface area (Å²) in [5.74, 6) is -0.275. The fourth-order valence-corrected chi connectivity index (χ4v) is 10.4. The number of nitrogens with one attached hydrogen (secondary N) is 4. The second-order valence-corrected chi connectivity index (χ2v) is 19.7. The molecule has 0 spiro atoms. The molecule has 1 unspecified atom stereocenters. The molecule has 1 fully saturated rings. The molecule has 3 aromatic heterocycles. The number of hydrogen-bond donors (Lipinski definition) is 4. The number of rotatable bonds is 20. The maximum Gasteiger partial charge on any atom is 0.321 e. The summed E-state index contributed by atoms with van der Waals surface area (Å²) in [5.41, 5.74) is 12.5. The summed E-state index contributed by atoms with van der Waals surface area (Å²) in [6, 6.07) is 0. The zero-order valence-electron chi connectivity index (χ0n) is 40.8. The molecule has 4 N–H and O–H groups in total. The van der Waals surface area contributed by atoms with Crippen molar-refractivity contribution in [2.75, 3.05) is 13.7 Å². The number of ketones is 1. The Morgan fingerprint density at radius 2 is 1.48 bits per heavy atom. The molecule has 0 radical (unpaired) electrons. The fourth-order valence-electron chi connectivity index (χ4n) is 10.4. The second-order valence-electron chi connectivity index (χ2n) is 19.7. The van der Waals surface area contributed by atoms with Gasteiger partial charge in [-0.05, 0) is 118 Å². The van der Waals surface area contributed by atoms with Gasteiger partial charge in [-0.15, -0.1) is 0 Å². The highest BCUT2D eigenvalue weighted by molar-refractivity contribution is 6.24. The predicted octanol–water partition coefficient (Wildman–Crippen LogP) is 11.1. The SMILES string of the molecule is C=Cc1c2[nH]c(c1C)/C=C1\N/C(=C3\c4[nH]c(c(C)c4C(=O)[C@@H]3C(=O)OC)/C=c3\[nH]/c(c(C)c3CC)=C\2)[C@@H](CCC(=O)OC/C=C(\C)CCC[C@H](C)CCCC(C)CCCC(C)C)[C@@H]1C. The Balaban J connectivity index is 1.21. The number of esters is 2. The Kier molecular flexibility index (Phi) is 16.1. The van der Waals surface area contributed by atoms with Crippen molar-refractivity contribution >= 4 is 47.6 Å². The van der Waals surface area contributed by atoms with Crippen molar-refractivity contribution in [1.82, 2.24) is 20.3 Å². The monoisotopic (exact) mass is 873 g/mol. The first-order valence-electron chi connectivity index (χ1n) is 24.2. The lowest BCUT2D eigenvalue weighted by atomic mass is 9.85. The van der Waals surface area contributed by atoms with Crippen LogP contribution in [-0.4, -0.2) is 46.4 Å². The molecule has 1 aliphatic carbocycles. The normalized spacial score (nSPS) is 22.0. The number of methoxy groups -OCH3 is 1. The molecular formula is C55H76N4O5. The van der Waals surface area contributed by atoms with Crippen LogP contribution in [0.5, 0.6) is 0 Å². The highest BCUT2D eigenvalue weighted by Crippen LogP contribution is 2.48. The van der Waals surface area contributed by atoms with Crippen molar-refractivity contribution in [3.63, 3.8) is 0 Å². The Bertz CT molecular complexity index is 2450. The molecule has 0 saturated carbocycles. The average molecular weight is 873 g/mol. The van der Waals surface area contributed by atoms with Gasteiger partial charge >= 0.3 is 11.9 Å². The quantitative estimate of drug-likeness (QED) is 0.0508. The van der Waals surface area contributed by atoms with E-state index in [1.165, 1.54) is 63.2 Å². The number of ether oxygens (including phenoxy) is 2. The third-order valence-corrected chi connectivity index (χ3v) is 14.6. The molecule has 3 aromatic rings. The topological polar surface area (TPSA) is 129 Å². The number of allylic oxidation sites excluding steroid dienone is 3. The average Bonchev–Trinajstić information content (AvgIpc) is 3.99. The third kappa shape index (κ3) is 10.6. The summed E-state index contributed by atoms with van der Waals surface area (Å²) in [7, 11) is 1.32. The maximum atomic E-state index is 14.4. The third-order valence-electron chi connectivity index (χ3n) is 14.6. The van der Waals surface area contributed by atoms with Gasteiger partial charge < -0.3 is 29.7 Å². The van der Waals surface area contributed by atoms with Crippen molar-refractivity contribution in [1.29, 1.82) is 0 Å².